The Hall–Kier alpha value is -2.99. The summed E-state index contributed by atoms with van der Waals surface area (Å²) < 4.78 is 66.1. The van der Waals surface area contributed by atoms with Crippen molar-refractivity contribution in [2.45, 2.75) is 9.79 Å². The number of carbonyl (C=O) groups excluding carboxylic acids is 1. The minimum Gasteiger partial charge on any atom is -0.399 e. The first-order chi connectivity index (χ1) is 13.0. The van der Waals surface area contributed by atoms with Gasteiger partial charge in [0.05, 0.1) is 5.69 Å². The van der Waals surface area contributed by atoms with Gasteiger partial charge in [0.1, 0.15) is 9.79 Å². The first kappa shape index (κ1) is 19.8. The van der Waals surface area contributed by atoms with Crippen LogP contribution in [0.5, 0.6) is 0 Å². The fourth-order valence-corrected chi connectivity index (χ4v) is 4.34. The zero-order valence-electron chi connectivity index (χ0n) is 14.0. The number of nitrogen functional groups attached to an aromatic ring is 1. The molecule has 0 radical (unpaired) electrons. The van der Waals surface area contributed by atoms with Gasteiger partial charge in [-0.1, -0.05) is 24.3 Å². The van der Waals surface area contributed by atoms with Crippen molar-refractivity contribution in [1.82, 2.24) is 0 Å². The Balaban J connectivity index is 2.23. The van der Waals surface area contributed by atoms with Gasteiger partial charge in [0.2, 0.25) is 0 Å². The van der Waals surface area contributed by atoms with Crippen LogP contribution in [0, 0.1) is 0 Å². The van der Waals surface area contributed by atoms with E-state index in [4.69, 9.17) is 5.73 Å². The number of nitrogens with two attached hydrogens (primary N) is 1. The van der Waals surface area contributed by atoms with Crippen LogP contribution in [0.15, 0.2) is 64.4 Å². The molecule has 28 heavy (non-hydrogen) atoms. The van der Waals surface area contributed by atoms with Crippen LogP contribution in [0.4, 0.5) is 11.4 Å². The van der Waals surface area contributed by atoms with Gasteiger partial charge in [-0.25, -0.2) is 0 Å². The number of carbonyl (C=O) groups is 1. The predicted octanol–water partition coefficient (Wildman–Crippen LogP) is 2.17. The molecule has 3 rings (SSSR count). The normalized spacial score (nSPS) is 12.1. The number of fused-ring (bicyclic) bond motifs is 1. The molecule has 146 valence electrons. The number of benzene rings is 3. The summed E-state index contributed by atoms with van der Waals surface area (Å²) in [5.41, 5.74) is 5.82. The summed E-state index contributed by atoms with van der Waals surface area (Å²) in [7, 11) is -9.53. The predicted molar refractivity (Wildman–Crippen MR) is 102 cm³/mol. The molecule has 3 aromatic rings. The van der Waals surface area contributed by atoms with Gasteiger partial charge in [0, 0.05) is 22.0 Å². The molecular formula is C17H14N2O7S2. The topological polar surface area (TPSA) is 164 Å². The van der Waals surface area contributed by atoms with E-state index in [0.29, 0.717) is 5.69 Å². The lowest BCUT2D eigenvalue weighted by molar-refractivity contribution is 0.102. The number of rotatable bonds is 4. The van der Waals surface area contributed by atoms with Gasteiger partial charge in [-0.05, 0) is 30.3 Å². The summed E-state index contributed by atoms with van der Waals surface area (Å²) in [6.07, 6.45) is 0. The lowest BCUT2D eigenvalue weighted by Gasteiger charge is -2.13. The number of hydrogen-bond acceptors (Lipinski definition) is 6. The van der Waals surface area contributed by atoms with Gasteiger partial charge in [-0.15, -0.1) is 0 Å². The highest BCUT2D eigenvalue weighted by Gasteiger charge is 2.24. The van der Waals surface area contributed by atoms with Crippen LogP contribution in [0.3, 0.4) is 0 Å². The smallest absolute Gasteiger partial charge is 0.297 e. The zero-order chi connectivity index (χ0) is 20.7. The summed E-state index contributed by atoms with van der Waals surface area (Å²) in [5, 5.41) is 2.03. The molecule has 0 fully saturated rings. The summed E-state index contributed by atoms with van der Waals surface area (Å²) in [6, 6.07) is 11.8. The van der Waals surface area contributed by atoms with Crippen LogP contribution in [0.25, 0.3) is 10.8 Å². The highest BCUT2D eigenvalue weighted by molar-refractivity contribution is 7.86. The Labute approximate surface area is 160 Å². The Morgan fingerprint density at radius 1 is 0.857 bits per heavy atom. The van der Waals surface area contributed by atoms with Gasteiger partial charge in [-0.3, -0.25) is 13.9 Å². The number of amides is 1. The van der Waals surface area contributed by atoms with E-state index in [2.05, 4.69) is 5.32 Å². The van der Waals surface area contributed by atoms with Crippen LogP contribution in [-0.2, 0) is 20.2 Å². The van der Waals surface area contributed by atoms with Crippen LogP contribution in [-0.4, -0.2) is 31.8 Å². The van der Waals surface area contributed by atoms with Crippen LogP contribution < -0.4 is 11.1 Å². The summed E-state index contributed by atoms with van der Waals surface area (Å²) in [5.74, 6) is -0.692. The van der Waals surface area contributed by atoms with Gasteiger partial charge in [0.15, 0.2) is 0 Å². The molecule has 0 heterocycles. The van der Waals surface area contributed by atoms with Crippen molar-refractivity contribution in [3.8, 4) is 0 Å². The molecule has 0 atom stereocenters. The van der Waals surface area contributed by atoms with E-state index in [-0.39, 0.29) is 22.0 Å². The van der Waals surface area contributed by atoms with Crippen LogP contribution in [0.1, 0.15) is 10.4 Å². The molecule has 0 saturated carbocycles. The Kier molecular flexibility index (Phi) is 4.85. The van der Waals surface area contributed by atoms with Crippen molar-refractivity contribution < 1.29 is 30.7 Å². The summed E-state index contributed by atoms with van der Waals surface area (Å²) in [6.45, 7) is 0. The quantitative estimate of drug-likeness (QED) is 0.367. The highest BCUT2D eigenvalue weighted by atomic mass is 32.2. The van der Waals surface area contributed by atoms with Crippen molar-refractivity contribution in [3.63, 3.8) is 0 Å². The minimum atomic E-state index is -4.87. The van der Waals surface area contributed by atoms with E-state index in [9.17, 15) is 30.7 Å². The third-order valence-electron chi connectivity index (χ3n) is 3.90. The van der Waals surface area contributed by atoms with Crippen LogP contribution >= 0.6 is 0 Å². The molecule has 11 heteroatoms. The fourth-order valence-electron chi connectivity index (χ4n) is 2.78. The Morgan fingerprint density at radius 2 is 1.54 bits per heavy atom. The maximum atomic E-state index is 12.4. The third-order valence-corrected chi connectivity index (χ3v) is 5.77. The average molecular weight is 422 g/mol. The molecule has 5 N–H and O–H groups in total. The second-order valence-electron chi connectivity index (χ2n) is 5.82. The van der Waals surface area contributed by atoms with E-state index in [1.807, 2.05) is 0 Å². The lowest BCUT2D eigenvalue weighted by atomic mass is 10.1. The SMILES string of the molecule is Nc1cccc(C(=O)Nc2ccc3c(S(=O)(=O)O)cccc3c2S(=O)(=O)O)c1. The van der Waals surface area contributed by atoms with Gasteiger partial charge in [-0.2, -0.15) is 16.8 Å². The molecule has 1 amide bonds. The van der Waals surface area contributed by atoms with E-state index in [0.717, 1.165) is 12.1 Å². The van der Waals surface area contributed by atoms with Crippen molar-refractivity contribution in [2.75, 3.05) is 11.1 Å². The second-order valence-corrected chi connectivity index (χ2v) is 8.57. The number of hydrogen-bond donors (Lipinski definition) is 4. The van der Waals surface area contributed by atoms with E-state index >= 15 is 0 Å². The van der Waals surface area contributed by atoms with Crippen molar-refractivity contribution in [1.29, 1.82) is 0 Å². The maximum Gasteiger partial charge on any atom is 0.297 e. The molecule has 0 aliphatic heterocycles. The first-order valence-electron chi connectivity index (χ1n) is 7.66. The van der Waals surface area contributed by atoms with Crippen molar-refractivity contribution in [2.24, 2.45) is 0 Å². The van der Waals surface area contributed by atoms with E-state index in [1.165, 1.54) is 36.4 Å². The molecule has 0 aliphatic rings. The second kappa shape index (κ2) is 6.87. The molecule has 0 saturated heterocycles. The molecular weight excluding hydrogens is 408 g/mol. The zero-order valence-corrected chi connectivity index (χ0v) is 15.7. The Morgan fingerprint density at radius 3 is 2.14 bits per heavy atom. The minimum absolute atomic E-state index is 0.139. The fraction of sp³-hybridized carbons (Fsp3) is 0. The molecule has 0 bridgehead atoms. The molecule has 0 aliphatic carbocycles. The third kappa shape index (κ3) is 3.82. The van der Waals surface area contributed by atoms with Gasteiger partial charge < -0.3 is 11.1 Å². The van der Waals surface area contributed by atoms with Crippen molar-refractivity contribution in [3.05, 3.63) is 60.2 Å². The average Bonchev–Trinajstić information content (AvgIpc) is 2.59. The number of anilines is 2. The van der Waals surface area contributed by atoms with Crippen molar-refractivity contribution >= 4 is 48.3 Å². The Bertz CT molecular complexity index is 1320. The summed E-state index contributed by atoms with van der Waals surface area (Å²) in [4.78, 5) is 11.2. The lowest BCUT2D eigenvalue weighted by Crippen LogP contribution is -2.15. The largest absolute Gasteiger partial charge is 0.399 e. The first-order valence-corrected chi connectivity index (χ1v) is 10.5. The molecule has 3 aromatic carbocycles. The molecule has 0 unspecified atom stereocenters. The summed E-state index contributed by atoms with van der Waals surface area (Å²) >= 11 is 0. The van der Waals surface area contributed by atoms with E-state index < -0.39 is 35.9 Å². The van der Waals surface area contributed by atoms with Gasteiger partial charge in [0.25, 0.3) is 26.1 Å². The standard InChI is InChI=1S/C17H14N2O7S2/c18-11-4-1-3-10(9-11)17(20)19-14-8-7-12-13(16(14)28(24,25)26)5-2-6-15(12)27(21,22)23/h1-9H,18H2,(H,19,20)(H,21,22,23)(H,24,25,26). The molecule has 0 spiro atoms. The van der Waals surface area contributed by atoms with Crippen LogP contribution in [0.2, 0.25) is 0 Å². The highest BCUT2D eigenvalue weighted by Crippen LogP contribution is 2.34. The number of nitrogens with one attached hydrogen (secondary N) is 1. The van der Waals surface area contributed by atoms with E-state index in [1.54, 1.807) is 6.07 Å². The van der Waals surface area contributed by atoms with Gasteiger partial charge >= 0.3 is 0 Å². The maximum absolute atomic E-state index is 12.4. The monoisotopic (exact) mass is 422 g/mol. The molecule has 0 aromatic heterocycles. The molecule has 9 nitrogen and oxygen atoms in total.